The molecule has 2 unspecified atom stereocenters. The van der Waals surface area contributed by atoms with Crippen LogP contribution in [-0.4, -0.2) is 31.1 Å². The summed E-state index contributed by atoms with van der Waals surface area (Å²) < 4.78 is 40.1. The Kier molecular flexibility index (Phi) is 3.19. The van der Waals surface area contributed by atoms with Crippen molar-refractivity contribution in [1.29, 1.82) is 0 Å². The molecule has 0 saturated carbocycles. The largest absolute Gasteiger partial charge is 0.491 e. The monoisotopic (exact) mass is 256 g/mol. The van der Waals surface area contributed by atoms with E-state index in [9.17, 15) is 8.42 Å². The smallest absolute Gasteiger partial charge is 0.295 e. The zero-order valence-corrected chi connectivity index (χ0v) is 9.76. The summed E-state index contributed by atoms with van der Waals surface area (Å²) in [6.07, 6.45) is 1.12. The van der Waals surface area contributed by atoms with Crippen LogP contribution in [0.3, 0.4) is 0 Å². The lowest BCUT2D eigenvalue weighted by molar-refractivity contribution is 0.262. The van der Waals surface area contributed by atoms with E-state index in [-0.39, 0.29) is 6.61 Å². The molecule has 92 valence electrons. The maximum atomic E-state index is 10.7. The Bertz CT molecular complexity index is 505. The van der Waals surface area contributed by atoms with E-state index in [2.05, 4.69) is 6.58 Å². The van der Waals surface area contributed by atoms with E-state index in [1.807, 2.05) is 12.1 Å². The van der Waals surface area contributed by atoms with Gasteiger partial charge in [-0.05, 0) is 17.7 Å². The van der Waals surface area contributed by atoms with Gasteiger partial charge in [-0.25, -0.2) is 0 Å². The van der Waals surface area contributed by atoms with E-state index >= 15 is 0 Å². The molecule has 1 aliphatic rings. The molecule has 2 rings (SSSR count). The van der Waals surface area contributed by atoms with Crippen molar-refractivity contribution in [3.63, 3.8) is 0 Å². The van der Waals surface area contributed by atoms with Crippen LogP contribution in [0.25, 0.3) is 6.08 Å². The van der Waals surface area contributed by atoms with Crippen molar-refractivity contribution < 1.29 is 22.4 Å². The second-order valence-corrected chi connectivity index (χ2v) is 5.14. The molecule has 1 aliphatic heterocycles. The molecule has 0 amide bonds. The van der Waals surface area contributed by atoms with Crippen LogP contribution in [0, 0.1) is 0 Å². The molecule has 1 fully saturated rings. The lowest BCUT2D eigenvalue weighted by atomic mass is 10.2. The highest BCUT2D eigenvalue weighted by Gasteiger charge is 2.49. The average molecular weight is 256 g/mol. The fourth-order valence-electron chi connectivity index (χ4n) is 1.39. The zero-order chi connectivity index (χ0) is 12.5. The van der Waals surface area contributed by atoms with E-state index in [1.54, 1.807) is 18.2 Å². The van der Waals surface area contributed by atoms with Crippen molar-refractivity contribution in [3.05, 3.63) is 36.4 Å². The van der Waals surface area contributed by atoms with Gasteiger partial charge in [0, 0.05) is 0 Å². The number of rotatable bonds is 5. The molecule has 0 spiro atoms. The first-order valence-corrected chi connectivity index (χ1v) is 6.48. The standard InChI is InChI=1S/C11H12O5S/c1-2-8-3-5-9(6-4-8)15-7-10-11(16-10)17(12,13)14/h2-6,10-11H,1,7H2,(H,12,13,14). The van der Waals surface area contributed by atoms with Crippen molar-refractivity contribution >= 4 is 16.2 Å². The van der Waals surface area contributed by atoms with Crippen molar-refractivity contribution in [1.82, 2.24) is 0 Å². The molecular weight excluding hydrogens is 244 g/mol. The number of benzene rings is 1. The topological polar surface area (TPSA) is 76.1 Å². The second-order valence-electron chi connectivity index (χ2n) is 3.64. The van der Waals surface area contributed by atoms with Gasteiger partial charge in [-0.15, -0.1) is 0 Å². The number of epoxide rings is 1. The lowest BCUT2D eigenvalue weighted by Crippen LogP contribution is -2.14. The van der Waals surface area contributed by atoms with Crippen LogP contribution >= 0.6 is 0 Å². The second kappa shape index (κ2) is 4.48. The molecule has 1 aromatic rings. The lowest BCUT2D eigenvalue weighted by Gasteiger charge is -2.03. The van der Waals surface area contributed by atoms with Gasteiger partial charge in [0.05, 0.1) is 0 Å². The van der Waals surface area contributed by atoms with E-state index < -0.39 is 21.7 Å². The molecule has 0 bridgehead atoms. The van der Waals surface area contributed by atoms with Gasteiger partial charge >= 0.3 is 0 Å². The van der Waals surface area contributed by atoms with Crippen molar-refractivity contribution in [2.45, 2.75) is 11.5 Å². The summed E-state index contributed by atoms with van der Waals surface area (Å²) in [5.74, 6) is 0.611. The Morgan fingerprint density at radius 3 is 2.53 bits per heavy atom. The molecule has 6 heteroatoms. The SMILES string of the molecule is C=Cc1ccc(OCC2OC2S(=O)(=O)O)cc1. The minimum Gasteiger partial charge on any atom is -0.491 e. The van der Waals surface area contributed by atoms with Crippen molar-refractivity contribution in [3.8, 4) is 5.75 Å². The molecule has 1 aromatic carbocycles. The fourth-order valence-corrected chi connectivity index (χ4v) is 2.13. The third-order valence-electron chi connectivity index (χ3n) is 2.36. The third kappa shape index (κ3) is 3.06. The van der Waals surface area contributed by atoms with E-state index in [0.29, 0.717) is 5.75 Å². The molecule has 0 aliphatic carbocycles. The molecular formula is C11H12O5S. The Balaban J connectivity index is 1.85. The molecule has 2 atom stereocenters. The van der Waals surface area contributed by atoms with Crippen LogP contribution in [0.2, 0.25) is 0 Å². The summed E-state index contributed by atoms with van der Waals surface area (Å²) in [5.41, 5.74) is -0.175. The van der Waals surface area contributed by atoms with E-state index in [1.165, 1.54) is 0 Å². The third-order valence-corrected chi connectivity index (χ3v) is 3.36. The maximum absolute atomic E-state index is 10.7. The molecule has 0 aromatic heterocycles. The van der Waals surface area contributed by atoms with Crippen LogP contribution in [0.15, 0.2) is 30.8 Å². The molecule has 17 heavy (non-hydrogen) atoms. The van der Waals surface area contributed by atoms with Gasteiger partial charge < -0.3 is 9.47 Å². The number of hydrogen-bond donors (Lipinski definition) is 1. The summed E-state index contributed by atoms with van der Waals surface area (Å²) in [6.45, 7) is 3.72. The van der Waals surface area contributed by atoms with E-state index in [4.69, 9.17) is 14.0 Å². The summed E-state index contributed by atoms with van der Waals surface area (Å²) in [7, 11) is -4.11. The van der Waals surface area contributed by atoms with Crippen LogP contribution in [0.5, 0.6) is 5.75 Å². The van der Waals surface area contributed by atoms with Gasteiger partial charge in [-0.1, -0.05) is 24.8 Å². The van der Waals surface area contributed by atoms with E-state index in [0.717, 1.165) is 5.56 Å². The van der Waals surface area contributed by atoms with Gasteiger partial charge in [0.1, 0.15) is 18.5 Å². The fraction of sp³-hybridized carbons (Fsp3) is 0.273. The zero-order valence-electron chi connectivity index (χ0n) is 8.94. The number of ether oxygens (including phenoxy) is 2. The predicted molar refractivity (Wildman–Crippen MR) is 62.2 cm³/mol. The molecule has 0 radical (unpaired) electrons. The highest BCUT2D eigenvalue weighted by molar-refractivity contribution is 7.86. The maximum Gasteiger partial charge on any atom is 0.295 e. The number of hydrogen-bond acceptors (Lipinski definition) is 4. The summed E-state index contributed by atoms with van der Waals surface area (Å²) in [4.78, 5) is 0. The van der Waals surface area contributed by atoms with Gasteiger partial charge in [0.2, 0.25) is 5.44 Å². The first-order valence-electron chi connectivity index (χ1n) is 4.98. The van der Waals surface area contributed by atoms with Crippen LogP contribution in [-0.2, 0) is 14.9 Å². The van der Waals surface area contributed by atoms with Crippen LogP contribution in [0.1, 0.15) is 5.56 Å². The minimum absolute atomic E-state index is 0.0951. The molecule has 1 heterocycles. The Morgan fingerprint density at radius 2 is 2.06 bits per heavy atom. The predicted octanol–water partition coefficient (Wildman–Crippen LogP) is 1.32. The first-order chi connectivity index (χ1) is 8.00. The Morgan fingerprint density at radius 1 is 1.41 bits per heavy atom. The molecule has 1 saturated heterocycles. The summed E-state index contributed by atoms with van der Waals surface area (Å²) in [5, 5.41) is 0. The Hall–Kier alpha value is -1.37. The van der Waals surface area contributed by atoms with Crippen molar-refractivity contribution in [2.24, 2.45) is 0 Å². The highest BCUT2D eigenvalue weighted by Crippen LogP contribution is 2.27. The van der Waals surface area contributed by atoms with Crippen LogP contribution in [0.4, 0.5) is 0 Å². The average Bonchev–Trinajstić information content (AvgIpc) is 3.06. The molecule has 1 N–H and O–H groups in total. The molecule has 5 nitrogen and oxygen atoms in total. The Labute approximate surface area is 99.4 Å². The normalized spacial score (nSPS) is 23.1. The summed E-state index contributed by atoms with van der Waals surface area (Å²) >= 11 is 0. The highest BCUT2D eigenvalue weighted by atomic mass is 32.2. The van der Waals surface area contributed by atoms with Gasteiger partial charge in [-0.2, -0.15) is 8.42 Å². The summed E-state index contributed by atoms with van der Waals surface area (Å²) in [6, 6.07) is 7.16. The quantitative estimate of drug-likeness (QED) is 0.635. The van der Waals surface area contributed by atoms with Gasteiger partial charge in [0.25, 0.3) is 10.1 Å². The van der Waals surface area contributed by atoms with Gasteiger partial charge in [-0.3, -0.25) is 4.55 Å². The van der Waals surface area contributed by atoms with Gasteiger partial charge in [0.15, 0.2) is 0 Å². The van der Waals surface area contributed by atoms with Crippen molar-refractivity contribution in [2.75, 3.05) is 6.61 Å². The minimum atomic E-state index is -4.11. The van der Waals surface area contributed by atoms with Crippen LogP contribution < -0.4 is 4.74 Å². The first kappa shape index (κ1) is 12.1.